The van der Waals surface area contributed by atoms with Crippen LogP contribution in [0.4, 0.5) is 4.39 Å². The van der Waals surface area contributed by atoms with Gasteiger partial charge in [-0.2, -0.15) is 0 Å². The van der Waals surface area contributed by atoms with Crippen LogP contribution in [0, 0.1) is 5.82 Å². The topological polar surface area (TPSA) is 31.6 Å². The second kappa shape index (κ2) is 4.72. The summed E-state index contributed by atoms with van der Waals surface area (Å²) in [5, 5.41) is 0. The van der Waals surface area contributed by atoms with E-state index in [-0.39, 0.29) is 5.82 Å². The molecule has 1 aliphatic heterocycles. The molecule has 1 aromatic heterocycles. The van der Waals surface area contributed by atoms with Gasteiger partial charge in [-0.25, -0.2) is 4.39 Å². The van der Waals surface area contributed by atoms with Crippen LogP contribution in [0.1, 0.15) is 27.7 Å². The average Bonchev–Trinajstić information content (AvgIpc) is 2.94. The summed E-state index contributed by atoms with van der Waals surface area (Å²) in [6.07, 6.45) is 0. The number of hydrogen-bond acceptors (Lipinski definition) is 3. The smallest absolute Gasteiger partial charge is 0.465 e. The van der Waals surface area contributed by atoms with Gasteiger partial charge in [0, 0.05) is 5.56 Å². The quantitative estimate of drug-likeness (QED) is 0.794. The molecule has 0 bridgehead atoms. The van der Waals surface area contributed by atoms with Crippen molar-refractivity contribution in [3.63, 3.8) is 0 Å². The molecule has 110 valence electrons. The molecule has 3 nitrogen and oxygen atoms in total. The zero-order valence-corrected chi connectivity index (χ0v) is 12.6. The van der Waals surface area contributed by atoms with Crippen molar-refractivity contribution in [1.82, 2.24) is 0 Å². The van der Waals surface area contributed by atoms with Crippen LogP contribution in [0.5, 0.6) is 0 Å². The van der Waals surface area contributed by atoms with Crippen molar-refractivity contribution in [1.29, 1.82) is 0 Å². The highest BCUT2D eigenvalue weighted by Gasteiger charge is 2.53. The van der Waals surface area contributed by atoms with Crippen LogP contribution in [0.15, 0.2) is 40.8 Å². The first kappa shape index (κ1) is 14.4. The minimum Gasteiger partial charge on any atom is -0.465 e. The minimum atomic E-state index is -0.524. The fourth-order valence-corrected chi connectivity index (χ4v) is 2.21. The summed E-state index contributed by atoms with van der Waals surface area (Å²) in [5.74, 6) is 0.399. The maximum atomic E-state index is 13.0. The van der Waals surface area contributed by atoms with Gasteiger partial charge in [0.15, 0.2) is 0 Å². The molecular weight excluding hydrogens is 270 g/mol. The molecule has 0 amide bonds. The molecule has 1 saturated heterocycles. The van der Waals surface area contributed by atoms with Crippen LogP contribution in [0.2, 0.25) is 0 Å². The number of benzene rings is 1. The molecule has 21 heavy (non-hydrogen) atoms. The van der Waals surface area contributed by atoms with Crippen molar-refractivity contribution in [3.05, 3.63) is 42.2 Å². The molecule has 1 aliphatic rings. The Hall–Kier alpha value is -1.59. The van der Waals surface area contributed by atoms with Gasteiger partial charge >= 0.3 is 7.12 Å². The first-order valence-electron chi connectivity index (χ1n) is 7.00. The standard InChI is InChI=1S/C16H18BFO3/c1-15(2)16(3,4)21-17(20-15)14-10-9-13(19-14)11-5-7-12(18)8-6-11/h5-10H,1-4H3. The molecule has 1 aromatic carbocycles. The normalized spacial score (nSPS) is 20.0. The lowest BCUT2D eigenvalue weighted by Crippen LogP contribution is -2.41. The van der Waals surface area contributed by atoms with E-state index >= 15 is 0 Å². The van der Waals surface area contributed by atoms with Crippen molar-refractivity contribution >= 4 is 12.8 Å². The summed E-state index contributed by atoms with van der Waals surface area (Å²) in [7, 11) is -0.524. The van der Waals surface area contributed by atoms with Crippen LogP contribution in [0.3, 0.4) is 0 Å². The van der Waals surface area contributed by atoms with Crippen molar-refractivity contribution in [3.8, 4) is 11.3 Å². The van der Waals surface area contributed by atoms with E-state index in [9.17, 15) is 4.39 Å². The van der Waals surface area contributed by atoms with Crippen LogP contribution in [-0.2, 0) is 9.31 Å². The number of hydrogen-bond donors (Lipinski definition) is 0. The third-order valence-electron chi connectivity index (χ3n) is 4.24. The minimum absolute atomic E-state index is 0.267. The molecule has 0 N–H and O–H groups in total. The molecular formula is C16H18BFO3. The van der Waals surface area contributed by atoms with E-state index in [1.165, 1.54) is 12.1 Å². The maximum Gasteiger partial charge on any atom is 0.532 e. The lowest BCUT2D eigenvalue weighted by molar-refractivity contribution is 0.00578. The Morgan fingerprint density at radius 2 is 1.43 bits per heavy atom. The second-order valence-corrected chi connectivity index (χ2v) is 6.30. The molecule has 5 heteroatoms. The Kier molecular flexibility index (Phi) is 3.22. The van der Waals surface area contributed by atoms with Crippen molar-refractivity contribution in [2.24, 2.45) is 0 Å². The third kappa shape index (κ3) is 2.52. The van der Waals surface area contributed by atoms with Crippen molar-refractivity contribution in [2.45, 2.75) is 38.9 Å². The van der Waals surface area contributed by atoms with E-state index in [1.54, 1.807) is 12.1 Å². The monoisotopic (exact) mass is 288 g/mol. The molecule has 0 aliphatic carbocycles. The third-order valence-corrected chi connectivity index (χ3v) is 4.24. The lowest BCUT2D eigenvalue weighted by Gasteiger charge is -2.32. The van der Waals surface area contributed by atoms with Gasteiger partial charge in [0.2, 0.25) is 0 Å². The van der Waals surface area contributed by atoms with Crippen LogP contribution < -0.4 is 5.66 Å². The Bertz CT molecular complexity index is 630. The summed E-state index contributed by atoms with van der Waals surface area (Å²) in [6, 6.07) is 9.86. The zero-order chi connectivity index (χ0) is 15.3. The predicted molar refractivity (Wildman–Crippen MR) is 79.8 cm³/mol. The largest absolute Gasteiger partial charge is 0.532 e. The van der Waals surface area contributed by atoms with E-state index < -0.39 is 18.3 Å². The number of halogens is 1. The Morgan fingerprint density at radius 3 is 2.00 bits per heavy atom. The Morgan fingerprint density at radius 1 is 0.857 bits per heavy atom. The van der Waals surface area contributed by atoms with Gasteiger partial charge in [-0.15, -0.1) is 0 Å². The molecule has 0 atom stereocenters. The van der Waals surface area contributed by atoms with E-state index in [0.29, 0.717) is 11.4 Å². The molecule has 2 heterocycles. The van der Waals surface area contributed by atoms with Gasteiger partial charge in [-0.3, -0.25) is 0 Å². The van der Waals surface area contributed by atoms with E-state index in [1.807, 2.05) is 39.8 Å². The number of rotatable bonds is 2. The van der Waals surface area contributed by atoms with Gasteiger partial charge in [0.1, 0.15) is 17.2 Å². The van der Waals surface area contributed by atoms with Gasteiger partial charge in [0.05, 0.1) is 11.2 Å². The molecule has 0 spiro atoms. The molecule has 3 rings (SSSR count). The number of furan rings is 1. The fourth-order valence-electron chi connectivity index (χ4n) is 2.21. The fraction of sp³-hybridized carbons (Fsp3) is 0.375. The zero-order valence-electron chi connectivity index (χ0n) is 12.6. The summed E-state index contributed by atoms with van der Waals surface area (Å²) in [5.41, 5.74) is 0.633. The van der Waals surface area contributed by atoms with Crippen LogP contribution in [-0.4, -0.2) is 18.3 Å². The van der Waals surface area contributed by atoms with E-state index in [4.69, 9.17) is 13.7 Å². The van der Waals surface area contributed by atoms with E-state index in [2.05, 4.69) is 0 Å². The Labute approximate surface area is 124 Å². The highest BCUT2D eigenvalue weighted by Crippen LogP contribution is 2.36. The highest BCUT2D eigenvalue weighted by molar-refractivity contribution is 6.60. The van der Waals surface area contributed by atoms with Gasteiger partial charge in [-0.05, 0) is 64.1 Å². The lowest BCUT2D eigenvalue weighted by atomic mass is 9.86. The first-order chi connectivity index (χ1) is 9.78. The van der Waals surface area contributed by atoms with E-state index in [0.717, 1.165) is 5.56 Å². The van der Waals surface area contributed by atoms with Gasteiger partial charge < -0.3 is 13.7 Å². The van der Waals surface area contributed by atoms with Crippen LogP contribution >= 0.6 is 0 Å². The molecule has 0 radical (unpaired) electrons. The molecule has 0 saturated carbocycles. The first-order valence-corrected chi connectivity index (χ1v) is 7.00. The van der Waals surface area contributed by atoms with Crippen molar-refractivity contribution in [2.75, 3.05) is 0 Å². The summed E-state index contributed by atoms with van der Waals surface area (Å²) in [4.78, 5) is 0. The summed E-state index contributed by atoms with van der Waals surface area (Å²) >= 11 is 0. The second-order valence-electron chi connectivity index (χ2n) is 6.30. The SMILES string of the molecule is CC1(C)OB(c2ccc(-c3ccc(F)cc3)o2)OC1(C)C. The average molecular weight is 288 g/mol. The maximum absolute atomic E-state index is 13.0. The Balaban J connectivity index is 1.85. The predicted octanol–water partition coefficient (Wildman–Crippen LogP) is 3.38. The van der Waals surface area contributed by atoms with Crippen molar-refractivity contribution < 1.29 is 18.1 Å². The molecule has 0 unspecified atom stereocenters. The molecule has 2 aromatic rings. The molecule has 1 fully saturated rings. The summed E-state index contributed by atoms with van der Waals surface area (Å²) < 4.78 is 30.6. The highest BCUT2D eigenvalue weighted by atomic mass is 19.1. The van der Waals surface area contributed by atoms with Gasteiger partial charge in [-0.1, -0.05) is 0 Å². The summed E-state index contributed by atoms with van der Waals surface area (Å²) in [6.45, 7) is 7.99. The van der Waals surface area contributed by atoms with Gasteiger partial charge in [0.25, 0.3) is 0 Å². The van der Waals surface area contributed by atoms with Crippen LogP contribution in [0.25, 0.3) is 11.3 Å².